The number of aryl methyl sites for hydroxylation is 1. The van der Waals surface area contributed by atoms with E-state index in [2.05, 4.69) is 30.8 Å². The molecule has 3 amide bonds. The number of carbonyl (C=O) groups is 3. The number of likely N-dealkylation sites (tertiary alicyclic amines) is 1. The molecule has 67 heavy (non-hydrogen) atoms. The van der Waals surface area contributed by atoms with E-state index in [1.54, 1.807) is 29.5 Å². The summed E-state index contributed by atoms with van der Waals surface area (Å²) in [4.78, 5) is 76.5. The van der Waals surface area contributed by atoms with Crippen molar-refractivity contribution in [3.05, 3.63) is 111 Å². The van der Waals surface area contributed by atoms with E-state index < -0.39 is 23.6 Å². The minimum atomic E-state index is -0.912. The number of fused-ring (bicyclic) bond motifs is 3. The summed E-state index contributed by atoms with van der Waals surface area (Å²) >= 11 is 1.58. The molecular formula is C50H56N10O6S. The second-order valence-corrected chi connectivity index (χ2v) is 20.1. The Hall–Kier alpha value is -6.59. The van der Waals surface area contributed by atoms with Crippen LogP contribution in [0, 0.1) is 18.3 Å². The van der Waals surface area contributed by atoms with E-state index >= 15 is 0 Å². The quantitative estimate of drug-likeness (QED) is 0.105. The van der Waals surface area contributed by atoms with E-state index in [9.17, 15) is 29.4 Å². The van der Waals surface area contributed by atoms with Crippen LogP contribution < -0.4 is 21.1 Å². The van der Waals surface area contributed by atoms with Gasteiger partial charge >= 0.3 is 0 Å². The number of nitrogens with zero attached hydrogens (tertiary/aromatic N) is 7. The summed E-state index contributed by atoms with van der Waals surface area (Å²) in [7, 11) is 0. The number of para-hydroxylation sites is 1. The molecule has 4 aromatic heterocycles. The van der Waals surface area contributed by atoms with Crippen molar-refractivity contribution in [2.75, 3.05) is 18.0 Å². The minimum absolute atomic E-state index is 0.00129. The number of amides is 3. The number of phenolic OH excluding ortho intramolecular Hbond substituents is 1. The molecule has 0 bridgehead atoms. The zero-order chi connectivity index (χ0) is 47.1. The van der Waals surface area contributed by atoms with Crippen molar-refractivity contribution in [1.82, 2.24) is 45.7 Å². The molecule has 6 aromatic rings. The minimum Gasteiger partial charge on any atom is -0.507 e. The first kappa shape index (κ1) is 45.6. The highest BCUT2D eigenvalue weighted by Gasteiger charge is 2.45. The number of nitrogens with one attached hydrogen (secondary N) is 3. The number of aromatic hydroxyl groups is 1. The molecule has 0 spiro atoms. The lowest BCUT2D eigenvalue weighted by Gasteiger charge is -2.37. The molecule has 3 aliphatic rings. The van der Waals surface area contributed by atoms with Gasteiger partial charge in [0.1, 0.15) is 17.8 Å². The number of anilines is 1. The highest BCUT2D eigenvalue weighted by Crippen LogP contribution is 2.37. The molecule has 6 heterocycles. The molecule has 1 saturated carbocycles. The zero-order valence-corrected chi connectivity index (χ0v) is 39.1. The van der Waals surface area contributed by atoms with Crippen molar-refractivity contribution in [3.63, 3.8) is 0 Å². The van der Waals surface area contributed by atoms with Crippen LogP contribution in [0.4, 0.5) is 5.95 Å². The number of aromatic nitrogens is 6. The van der Waals surface area contributed by atoms with Gasteiger partial charge in [-0.25, -0.2) is 15.0 Å². The highest BCUT2D eigenvalue weighted by atomic mass is 32.1. The fourth-order valence-electron chi connectivity index (χ4n) is 9.82. The second kappa shape index (κ2) is 18.6. The average molecular weight is 925 g/mol. The van der Waals surface area contributed by atoms with Gasteiger partial charge in [0.15, 0.2) is 5.65 Å². The lowest BCUT2D eigenvalue weighted by atomic mass is 9.78. The van der Waals surface area contributed by atoms with E-state index in [1.165, 1.54) is 4.90 Å². The number of aliphatic hydroxyl groups is 1. The molecule has 2 aliphatic heterocycles. The maximum Gasteiger partial charge on any atom is 0.253 e. The topological polar surface area (TPSA) is 220 Å². The lowest BCUT2D eigenvalue weighted by Crippen LogP contribution is -2.58. The predicted octanol–water partition coefficient (Wildman–Crippen LogP) is 6.12. The smallest absolute Gasteiger partial charge is 0.253 e. The Morgan fingerprint density at radius 1 is 0.925 bits per heavy atom. The molecular weight excluding hydrogens is 869 g/mol. The number of benzene rings is 2. The van der Waals surface area contributed by atoms with Crippen LogP contribution in [-0.4, -0.2) is 94.2 Å². The molecule has 5 N–H and O–H groups in total. The van der Waals surface area contributed by atoms with Crippen LogP contribution in [-0.2, 0) is 27.3 Å². The van der Waals surface area contributed by atoms with Crippen LogP contribution in [0.25, 0.3) is 32.7 Å². The first-order valence-corrected chi connectivity index (χ1v) is 23.9. The van der Waals surface area contributed by atoms with Gasteiger partial charge in [0.2, 0.25) is 23.7 Å². The first-order valence-electron chi connectivity index (χ1n) is 23.0. The number of hydrogen-bond acceptors (Lipinski definition) is 13. The molecule has 9 rings (SSSR count). The number of carbonyl (C=O) groups excluding carboxylic acids is 3. The Balaban J connectivity index is 0.812. The summed E-state index contributed by atoms with van der Waals surface area (Å²) in [6.45, 7) is 10.5. The number of pyridine rings is 1. The number of hydrogen-bond donors (Lipinski definition) is 5. The molecule has 0 radical (unpaired) electrons. The van der Waals surface area contributed by atoms with Crippen molar-refractivity contribution >= 4 is 46.0 Å². The number of β-amino-alcohol motifs (C(OH)–C–C–N with tert-alkyl or cyclic N) is 1. The van der Waals surface area contributed by atoms with Crippen LogP contribution in [0.15, 0.2) is 77.3 Å². The normalized spacial score (nSPS) is 20.6. The summed E-state index contributed by atoms with van der Waals surface area (Å²) in [5.74, 6) is -0.440. The molecule has 17 heteroatoms. The highest BCUT2D eigenvalue weighted by molar-refractivity contribution is 7.13. The largest absolute Gasteiger partial charge is 0.507 e. The molecule has 16 nitrogen and oxygen atoms in total. The number of H-pyrrole nitrogens is 1. The molecule has 2 aromatic carbocycles. The van der Waals surface area contributed by atoms with Crippen LogP contribution >= 0.6 is 11.3 Å². The van der Waals surface area contributed by atoms with E-state index in [-0.39, 0.29) is 59.9 Å². The van der Waals surface area contributed by atoms with Crippen molar-refractivity contribution < 1.29 is 24.6 Å². The number of phenols is 1. The van der Waals surface area contributed by atoms with Gasteiger partial charge in [-0.1, -0.05) is 57.2 Å². The van der Waals surface area contributed by atoms with E-state index in [0.29, 0.717) is 60.8 Å². The number of aliphatic hydroxyl groups excluding tert-OH is 1. The first-order chi connectivity index (χ1) is 32.1. The van der Waals surface area contributed by atoms with Gasteiger partial charge in [0, 0.05) is 60.9 Å². The molecule has 2 fully saturated rings. The third-order valence-electron chi connectivity index (χ3n) is 13.7. The molecule has 1 saturated heterocycles. The Morgan fingerprint density at radius 3 is 2.34 bits per heavy atom. The van der Waals surface area contributed by atoms with E-state index in [4.69, 9.17) is 9.97 Å². The van der Waals surface area contributed by atoms with Gasteiger partial charge in [0.25, 0.3) is 5.56 Å². The second-order valence-electron chi connectivity index (χ2n) is 19.3. The third kappa shape index (κ3) is 9.39. The van der Waals surface area contributed by atoms with Gasteiger partial charge in [-0.15, -0.1) is 21.5 Å². The van der Waals surface area contributed by atoms with E-state index in [0.717, 1.165) is 51.1 Å². The summed E-state index contributed by atoms with van der Waals surface area (Å²) in [5, 5.41) is 36.7. The molecule has 4 atom stereocenters. The van der Waals surface area contributed by atoms with Gasteiger partial charge < -0.3 is 35.6 Å². The summed E-state index contributed by atoms with van der Waals surface area (Å²) in [6, 6.07) is 14.6. The number of rotatable bonds is 10. The summed E-state index contributed by atoms with van der Waals surface area (Å²) < 4.78 is 0. The van der Waals surface area contributed by atoms with Gasteiger partial charge in [-0.2, -0.15) is 0 Å². The Bertz CT molecular complexity index is 2870. The Morgan fingerprint density at radius 2 is 1.66 bits per heavy atom. The SMILES string of the molecule is Cc1ncsc1-c1ccc([C@H](C)NC(=O)[C@@H]2C[C@@H](O)CN2C(=O)[C@@H](NC(=O)[C@H]2CC[C@@H](c3cnc(N4CCc5c(c6cc(-c7ccccc7O)nnc6[nH]c5=O)C4)nc3)CC2)C(C)(C)C)cc1. The van der Waals surface area contributed by atoms with E-state index in [1.807, 2.05) is 93.8 Å². The fraction of sp³-hybridized carbons (Fsp3) is 0.420. The maximum absolute atomic E-state index is 14.4. The van der Waals surface area contributed by atoms with Gasteiger partial charge in [-0.3, -0.25) is 19.2 Å². The molecule has 1 aliphatic carbocycles. The Kier molecular flexibility index (Phi) is 12.6. The van der Waals surface area contributed by atoms with Crippen LogP contribution in [0.1, 0.15) is 99.7 Å². The monoisotopic (exact) mass is 924 g/mol. The summed E-state index contributed by atoms with van der Waals surface area (Å²) in [6.07, 6.45) is 6.17. The fourth-order valence-corrected chi connectivity index (χ4v) is 10.6. The molecule has 348 valence electrons. The average Bonchev–Trinajstić information content (AvgIpc) is 3.95. The van der Waals surface area contributed by atoms with Gasteiger partial charge in [0.05, 0.1) is 33.9 Å². The predicted molar refractivity (Wildman–Crippen MR) is 255 cm³/mol. The van der Waals surface area contributed by atoms with Crippen molar-refractivity contribution in [2.24, 2.45) is 11.3 Å². The lowest BCUT2D eigenvalue weighted by molar-refractivity contribution is -0.144. The van der Waals surface area contributed by atoms with Crippen molar-refractivity contribution in [1.29, 1.82) is 0 Å². The summed E-state index contributed by atoms with van der Waals surface area (Å²) in [5.41, 5.74) is 7.79. The third-order valence-corrected chi connectivity index (χ3v) is 14.7. The van der Waals surface area contributed by atoms with Crippen LogP contribution in [0.5, 0.6) is 5.75 Å². The van der Waals surface area contributed by atoms with Crippen LogP contribution in [0.2, 0.25) is 0 Å². The number of thiazole rings is 1. The van der Waals surface area contributed by atoms with Crippen LogP contribution in [0.3, 0.4) is 0 Å². The molecule has 0 unspecified atom stereocenters. The Labute approximate surface area is 392 Å². The number of aromatic amines is 1. The maximum atomic E-state index is 14.4. The standard InChI is InChI=1S/C50H56N10O6S/c1-27(29-10-14-31(15-11-29)42-28(2)53-26-67-42)54-47(65)40-20-34(61)24-60(40)48(66)43(50(3,4)5)55-45(63)32-16-12-30(13-17-32)33-22-51-49(52-23-33)59-19-18-35-38(25-59)37-21-39(36-8-6-7-9-41(36)62)57-58-44(37)56-46(35)64/h6-11,14-15,21-23,26-27,30,32,34,40,43,61-62H,12-13,16-20,24-25H2,1-5H3,(H,54,65)(H,55,63)(H,56,58,64)/t27-,30-,32+,34+,40-,43+/m0/s1. The van der Waals surface area contributed by atoms with Gasteiger partial charge in [-0.05, 0) is 97.7 Å². The van der Waals surface area contributed by atoms with Crippen molar-refractivity contribution in [2.45, 2.75) is 110 Å². The van der Waals surface area contributed by atoms with Crippen molar-refractivity contribution in [3.8, 4) is 27.4 Å². The zero-order valence-electron chi connectivity index (χ0n) is 38.3.